The van der Waals surface area contributed by atoms with E-state index in [2.05, 4.69) is 0 Å². The van der Waals surface area contributed by atoms with Crippen molar-refractivity contribution in [2.75, 3.05) is 6.61 Å². The quantitative estimate of drug-likeness (QED) is 0.689. The predicted molar refractivity (Wildman–Crippen MR) is 110 cm³/mol. The Morgan fingerprint density at radius 2 is 1.97 bits per heavy atom. The van der Waals surface area contributed by atoms with Gasteiger partial charge in [-0.25, -0.2) is 12.8 Å². The first-order chi connectivity index (χ1) is 14.1. The molecule has 0 unspecified atom stereocenters. The van der Waals surface area contributed by atoms with Crippen LogP contribution < -0.4 is 5.56 Å². The average molecular weight is 431 g/mol. The van der Waals surface area contributed by atoms with Crippen LogP contribution in [0.25, 0.3) is 10.9 Å². The minimum absolute atomic E-state index is 0.0283. The maximum atomic E-state index is 14.5. The number of aromatic nitrogens is 1. The lowest BCUT2D eigenvalue weighted by atomic mass is 9.84. The molecule has 1 aliphatic heterocycles. The molecule has 30 heavy (non-hydrogen) atoms. The van der Waals surface area contributed by atoms with Crippen LogP contribution in [0.2, 0.25) is 0 Å². The van der Waals surface area contributed by atoms with E-state index < -0.39 is 21.3 Å². The van der Waals surface area contributed by atoms with Crippen molar-refractivity contribution < 1.29 is 22.7 Å². The Balaban J connectivity index is 1.89. The molecule has 0 spiro atoms. The summed E-state index contributed by atoms with van der Waals surface area (Å²) in [6.07, 6.45) is 0.259. The lowest BCUT2D eigenvalue weighted by Gasteiger charge is -2.36. The third kappa shape index (κ3) is 3.45. The second-order valence-corrected chi connectivity index (χ2v) is 9.68. The molecule has 1 saturated heterocycles. The number of rotatable bonds is 3. The Hall–Kier alpha value is -2.55. The molecule has 1 fully saturated rings. The monoisotopic (exact) mass is 431 g/mol. The molecular weight excluding hydrogens is 409 g/mol. The number of sulfone groups is 1. The number of aryl methyl sites for hydroxylation is 1. The van der Waals surface area contributed by atoms with Crippen LogP contribution in [0.15, 0.2) is 63.1 Å². The molecule has 8 heteroatoms. The van der Waals surface area contributed by atoms with Crippen LogP contribution in [-0.2, 0) is 27.2 Å². The van der Waals surface area contributed by atoms with Crippen LogP contribution in [-0.4, -0.2) is 30.8 Å². The third-order valence-corrected chi connectivity index (χ3v) is 7.47. The fraction of sp³-hybridized carbons (Fsp3) is 0.318. The topological polar surface area (TPSA) is 85.6 Å². The number of benzene rings is 2. The summed E-state index contributed by atoms with van der Waals surface area (Å²) in [6, 6.07) is 10.8. The normalized spacial score (nSPS) is 22.3. The summed E-state index contributed by atoms with van der Waals surface area (Å²) in [5.74, 6) is -0.744. The highest BCUT2D eigenvalue weighted by molar-refractivity contribution is 7.91. The fourth-order valence-electron chi connectivity index (χ4n) is 4.05. The van der Waals surface area contributed by atoms with Gasteiger partial charge in [-0.05, 0) is 48.9 Å². The number of ether oxygens (including phenoxy) is 1. The second-order valence-electron chi connectivity index (χ2n) is 7.77. The highest BCUT2D eigenvalue weighted by Crippen LogP contribution is 2.37. The first kappa shape index (κ1) is 20.7. The summed E-state index contributed by atoms with van der Waals surface area (Å²) in [6.45, 7) is 2.11. The molecular formula is C22H22FNO5S. The Labute approximate surface area is 173 Å². The van der Waals surface area contributed by atoms with Gasteiger partial charge in [0.25, 0.3) is 5.56 Å². The Morgan fingerprint density at radius 1 is 1.20 bits per heavy atom. The molecule has 158 valence electrons. The molecule has 6 nitrogen and oxygen atoms in total. The lowest BCUT2D eigenvalue weighted by Crippen LogP contribution is -2.37. The number of hydrogen-bond acceptors (Lipinski definition) is 5. The summed E-state index contributed by atoms with van der Waals surface area (Å²) < 4.78 is 48.2. The summed E-state index contributed by atoms with van der Waals surface area (Å²) in [4.78, 5) is 11.6. The van der Waals surface area contributed by atoms with E-state index in [1.807, 2.05) is 6.92 Å². The molecule has 4 rings (SSSR count). The van der Waals surface area contributed by atoms with Crippen LogP contribution in [0.4, 0.5) is 4.39 Å². The van der Waals surface area contributed by atoms with Crippen molar-refractivity contribution in [2.45, 2.75) is 41.3 Å². The van der Waals surface area contributed by atoms with Gasteiger partial charge in [0.2, 0.25) is 9.84 Å². The van der Waals surface area contributed by atoms with Crippen molar-refractivity contribution in [1.82, 2.24) is 4.57 Å². The molecule has 1 aliphatic rings. The van der Waals surface area contributed by atoms with Gasteiger partial charge in [0, 0.05) is 31.3 Å². The van der Waals surface area contributed by atoms with Gasteiger partial charge in [0.15, 0.2) is 0 Å². The number of fused-ring (bicyclic) bond motifs is 1. The third-order valence-electron chi connectivity index (χ3n) is 5.68. The number of nitrogens with zero attached hydrogens (tertiary/aromatic N) is 1. The zero-order chi connectivity index (χ0) is 21.7. The summed E-state index contributed by atoms with van der Waals surface area (Å²) >= 11 is 0. The first-order valence-corrected chi connectivity index (χ1v) is 11.1. The van der Waals surface area contributed by atoms with Crippen LogP contribution in [0.1, 0.15) is 25.3 Å². The molecule has 0 bridgehead atoms. The van der Waals surface area contributed by atoms with Crippen molar-refractivity contribution in [1.29, 1.82) is 0 Å². The smallest absolute Gasteiger partial charge is 0.250 e. The maximum Gasteiger partial charge on any atom is 0.250 e. The van der Waals surface area contributed by atoms with Crippen LogP contribution in [0, 0.1) is 5.82 Å². The van der Waals surface area contributed by atoms with E-state index in [1.54, 1.807) is 19.2 Å². The van der Waals surface area contributed by atoms with Crippen molar-refractivity contribution in [3.63, 3.8) is 0 Å². The molecule has 2 aromatic carbocycles. The van der Waals surface area contributed by atoms with Gasteiger partial charge in [-0.1, -0.05) is 6.07 Å². The van der Waals surface area contributed by atoms with Crippen molar-refractivity contribution >= 4 is 20.7 Å². The van der Waals surface area contributed by atoms with Crippen LogP contribution in [0.3, 0.4) is 0 Å². The largest absolute Gasteiger partial charge is 0.385 e. The second kappa shape index (κ2) is 7.30. The van der Waals surface area contributed by atoms with Gasteiger partial charge in [-0.3, -0.25) is 4.79 Å². The van der Waals surface area contributed by atoms with E-state index in [4.69, 9.17) is 4.74 Å². The minimum atomic E-state index is -4.12. The van der Waals surface area contributed by atoms with Crippen molar-refractivity contribution in [3.05, 3.63) is 70.3 Å². The molecule has 1 aromatic heterocycles. The molecule has 0 saturated carbocycles. The Kier molecular flexibility index (Phi) is 5.04. The predicted octanol–water partition coefficient (Wildman–Crippen LogP) is 2.90. The van der Waals surface area contributed by atoms with Gasteiger partial charge >= 0.3 is 0 Å². The van der Waals surface area contributed by atoms with E-state index in [1.165, 1.54) is 34.9 Å². The zero-order valence-electron chi connectivity index (χ0n) is 16.6. The summed E-state index contributed by atoms with van der Waals surface area (Å²) in [7, 11) is -2.56. The molecule has 3 aromatic rings. The first-order valence-electron chi connectivity index (χ1n) is 9.61. The molecule has 2 atom stereocenters. The van der Waals surface area contributed by atoms with E-state index in [0.29, 0.717) is 17.5 Å². The highest BCUT2D eigenvalue weighted by Gasteiger charge is 2.36. The minimum Gasteiger partial charge on any atom is -0.385 e. The zero-order valence-corrected chi connectivity index (χ0v) is 17.4. The van der Waals surface area contributed by atoms with Crippen molar-refractivity contribution in [2.24, 2.45) is 7.05 Å². The summed E-state index contributed by atoms with van der Waals surface area (Å²) in [5, 5.41) is 11.4. The standard InChI is InChI=1S/C22H22FNO5S/c1-14-13-22(26,8-9-29-14)15-10-16(23)12-17(11-15)30(27,28)20-5-3-4-19-18(20)6-7-21(25)24(19)2/h3-7,10-12,14,26H,8-9,13H2,1-2H3/t14-,22-/m0/s1. The molecule has 0 amide bonds. The Morgan fingerprint density at radius 3 is 2.70 bits per heavy atom. The SMILES string of the molecule is C[C@H]1C[C@](O)(c2cc(F)cc(S(=O)(=O)c3cccc4c3ccc(=O)n4C)c2)CCO1. The van der Waals surface area contributed by atoms with Crippen molar-refractivity contribution in [3.8, 4) is 0 Å². The molecule has 2 heterocycles. The van der Waals surface area contributed by atoms with Gasteiger partial charge in [-0.2, -0.15) is 0 Å². The number of pyridine rings is 1. The molecule has 1 N–H and O–H groups in total. The highest BCUT2D eigenvalue weighted by atomic mass is 32.2. The molecule has 0 radical (unpaired) electrons. The van der Waals surface area contributed by atoms with E-state index in [0.717, 1.165) is 6.07 Å². The number of hydrogen-bond donors (Lipinski definition) is 1. The van der Waals surface area contributed by atoms with Gasteiger partial charge in [0.1, 0.15) is 5.82 Å². The van der Waals surface area contributed by atoms with E-state index in [-0.39, 0.29) is 39.9 Å². The fourth-order valence-corrected chi connectivity index (χ4v) is 5.58. The van der Waals surface area contributed by atoms with Crippen LogP contribution in [0.5, 0.6) is 0 Å². The van der Waals surface area contributed by atoms with Gasteiger partial charge in [-0.15, -0.1) is 0 Å². The van der Waals surface area contributed by atoms with Crippen LogP contribution >= 0.6 is 0 Å². The maximum absolute atomic E-state index is 14.5. The van der Waals surface area contributed by atoms with Gasteiger partial charge in [0.05, 0.1) is 33.6 Å². The lowest BCUT2D eigenvalue weighted by molar-refractivity contribution is -0.101. The Bertz CT molecular complexity index is 1300. The molecule has 0 aliphatic carbocycles. The van der Waals surface area contributed by atoms with E-state index in [9.17, 15) is 22.7 Å². The van der Waals surface area contributed by atoms with E-state index >= 15 is 0 Å². The number of aliphatic hydroxyl groups is 1. The average Bonchev–Trinajstić information content (AvgIpc) is 2.70. The summed E-state index contributed by atoms with van der Waals surface area (Å²) in [5.41, 5.74) is -0.964. The van der Waals surface area contributed by atoms with Gasteiger partial charge < -0.3 is 14.4 Å². The number of halogens is 1.